The number of rotatable bonds is 9. The van der Waals surface area contributed by atoms with Gasteiger partial charge in [-0.1, -0.05) is 49.0 Å². The molecule has 1 aromatic carbocycles. The minimum atomic E-state index is -0.239. The van der Waals surface area contributed by atoms with E-state index in [9.17, 15) is 4.79 Å². The molecule has 0 spiro atoms. The summed E-state index contributed by atoms with van der Waals surface area (Å²) in [6.07, 6.45) is 7.94. The van der Waals surface area contributed by atoms with Gasteiger partial charge in [0.25, 0.3) is 0 Å². The molecule has 0 saturated heterocycles. The molecule has 3 rings (SSSR count). The van der Waals surface area contributed by atoms with Crippen LogP contribution in [0.5, 0.6) is 0 Å². The summed E-state index contributed by atoms with van der Waals surface area (Å²) in [6.45, 7) is 3.31. The number of carbonyl (C=O) groups excluding carboxylic acids is 1. The fourth-order valence-corrected chi connectivity index (χ4v) is 4.72. The second-order valence-electron chi connectivity index (χ2n) is 7.77. The first kappa shape index (κ1) is 23.1. The third-order valence-electron chi connectivity index (χ3n) is 5.40. The maximum atomic E-state index is 12.8. The number of ether oxygens (including phenoxy) is 1. The second-order valence-corrected chi connectivity index (χ2v) is 9.51. The van der Waals surface area contributed by atoms with Crippen molar-refractivity contribution >= 4 is 29.3 Å². The van der Waals surface area contributed by atoms with Gasteiger partial charge in [-0.2, -0.15) is 0 Å². The summed E-state index contributed by atoms with van der Waals surface area (Å²) in [5.74, 6) is 0.855. The van der Waals surface area contributed by atoms with Gasteiger partial charge in [-0.3, -0.25) is 4.79 Å². The van der Waals surface area contributed by atoms with Gasteiger partial charge in [0.05, 0.1) is 5.25 Å². The van der Waals surface area contributed by atoms with Gasteiger partial charge >= 0.3 is 0 Å². The summed E-state index contributed by atoms with van der Waals surface area (Å²) in [7, 11) is 1.70. The summed E-state index contributed by atoms with van der Waals surface area (Å²) in [4.78, 5) is 12.8. The first-order valence-corrected chi connectivity index (χ1v) is 12.0. The van der Waals surface area contributed by atoms with Crippen LogP contribution in [0.1, 0.15) is 51.9 Å². The SMILES string of the molecule is COCCCn1c(S[C@H](C)C(=O)NC2CCCCCC2)nnc1-c1ccc(Cl)cc1. The standard InChI is InChI=1S/C22H31ClN4O2S/c1-16(21(28)24-19-8-5-3-4-6-9-19)30-22-26-25-20(27(22)14-7-15-29-2)17-10-12-18(23)13-11-17/h10-13,16,19H,3-9,14-15H2,1-2H3,(H,24,28)/t16-/m1/s1. The molecule has 0 radical (unpaired) electrons. The van der Waals surface area contributed by atoms with Crippen LogP contribution >= 0.6 is 23.4 Å². The largest absolute Gasteiger partial charge is 0.385 e. The molecule has 1 saturated carbocycles. The van der Waals surface area contributed by atoms with Crippen molar-refractivity contribution in [3.8, 4) is 11.4 Å². The molecule has 0 aliphatic heterocycles. The third-order valence-corrected chi connectivity index (χ3v) is 6.73. The molecule has 1 aliphatic carbocycles. The van der Waals surface area contributed by atoms with Gasteiger partial charge in [0.15, 0.2) is 11.0 Å². The lowest BCUT2D eigenvalue weighted by Crippen LogP contribution is -2.39. The fraction of sp³-hybridized carbons (Fsp3) is 0.591. The van der Waals surface area contributed by atoms with Crippen molar-refractivity contribution in [3.05, 3.63) is 29.3 Å². The van der Waals surface area contributed by atoms with Crippen LogP contribution in [-0.4, -0.2) is 45.7 Å². The Balaban J connectivity index is 1.71. The zero-order valence-electron chi connectivity index (χ0n) is 17.8. The molecular weight excluding hydrogens is 420 g/mol. The molecule has 1 atom stereocenters. The Kier molecular flexibility index (Phi) is 9.03. The number of amides is 1. The molecule has 1 aliphatic rings. The monoisotopic (exact) mass is 450 g/mol. The van der Waals surface area contributed by atoms with E-state index in [1.165, 1.54) is 37.4 Å². The topological polar surface area (TPSA) is 69.0 Å². The minimum absolute atomic E-state index is 0.0754. The number of nitrogens with zero attached hydrogens (tertiary/aromatic N) is 3. The van der Waals surface area contributed by atoms with Crippen molar-refractivity contribution in [2.24, 2.45) is 0 Å². The lowest BCUT2D eigenvalue weighted by Gasteiger charge is -2.19. The van der Waals surface area contributed by atoms with Crippen molar-refractivity contribution in [2.75, 3.05) is 13.7 Å². The van der Waals surface area contributed by atoms with Gasteiger partial charge < -0.3 is 14.6 Å². The molecule has 1 N–H and O–H groups in total. The number of halogens is 1. The van der Waals surface area contributed by atoms with Crippen LogP contribution in [-0.2, 0) is 16.1 Å². The highest BCUT2D eigenvalue weighted by Gasteiger charge is 2.23. The number of benzene rings is 1. The number of aromatic nitrogens is 3. The number of thioether (sulfide) groups is 1. The summed E-state index contributed by atoms with van der Waals surface area (Å²) in [6, 6.07) is 7.87. The average Bonchev–Trinajstić information content (AvgIpc) is 2.95. The molecule has 0 bridgehead atoms. The fourth-order valence-electron chi connectivity index (χ4n) is 3.71. The van der Waals surface area contributed by atoms with Crippen molar-refractivity contribution in [1.82, 2.24) is 20.1 Å². The van der Waals surface area contributed by atoms with Crippen molar-refractivity contribution in [3.63, 3.8) is 0 Å². The first-order chi connectivity index (χ1) is 14.6. The van der Waals surface area contributed by atoms with Crippen LogP contribution in [0.4, 0.5) is 0 Å². The molecule has 6 nitrogen and oxygen atoms in total. The number of hydrogen-bond donors (Lipinski definition) is 1. The van der Waals surface area contributed by atoms with Crippen LogP contribution in [0.25, 0.3) is 11.4 Å². The van der Waals surface area contributed by atoms with Crippen LogP contribution in [0.15, 0.2) is 29.4 Å². The third kappa shape index (κ3) is 6.46. The molecule has 164 valence electrons. The van der Waals surface area contributed by atoms with Crippen LogP contribution in [0.2, 0.25) is 5.02 Å². The van der Waals surface area contributed by atoms with E-state index in [-0.39, 0.29) is 11.2 Å². The smallest absolute Gasteiger partial charge is 0.233 e. The predicted octanol–water partition coefficient (Wildman–Crippen LogP) is 4.95. The Labute approximate surface area is 188 Å². The van der Waals surface area contributed by atoms with E-state index >= 15 is 0 Å². The maximum absolute atomic E-state index is 12.8. The average molecular weight is 451 g/mol. The summed E-state index contributed by atoms with van der Waals surface area (Å²) >= 11 is 7.49. The van der Waals surface area contributed by atoms with Gasteiger partial charge in [-0.15, -0.1) is 10.2 Å². The summed E-state index contributed by atoms with van der Waals surface area (Å²) in [5.41, 5.74) is 0.951. The van der Waals surface area contributed by atoms with Gasteiger partial charge in [-0.25, -0.2) is 0 Å². The van der Waals surface area contributed by atoms with Crippen LogP contribution in [0.3, 0.4) is 0 Å². The first-order valence-electron chi connectivity index (χ1n) is 10.7. The zero-order valence-corrected chi connectivity index (χ0v) is 19.3. The van der Waals surface area contributed by atoms with Gasteiger partial charge in [-0.05, 0) is 50.5 Å². The molecular formula is C22H31ClN4O2S. The second kappa shape index (κ2) is 11.7. The highest BCUT2D eigenvalue weighted by molar-refractivity contribution is 8.00. The summed E-state index contributed by atoms with van der Waals surface area (Å²) in [5, 5.41) is 13.2. The lowest BCUT2D eigenvalue weighted by atomic mass is 10.1. The zero-order chi connectivity index (χ0) is 21.3. The Morgan fingerprint density at radius 1 is 1.23 bits per heavy atom. The molecule has 1 fully saturated rings. The van der Waals surface area contributed by atoms with E-state index in [1.54, 1.807) is 7.11 Å². The normalized spacial score (nSPS) is 16.2. The van der Waals surface area contributed by atoms with Crippen LogP contribution in [0, 0.1) is 0 Å². The van der Waals surface area contributed by atoms with E-state index in [1.807, 2.05) is 31.2 Å². The lowest BCUT2D eigenvalue weighted by molar-refractivity contribution is -0.121. The van der Waals surface area contributed by atoms with E-state index < -0.39 is 0 Å². The van der Waals surface area contributed by atoms with E-state index in [0.717, 1.165) is 42.4 Å². The number of nitrogens with one attached hydrogen (secondary N) is 1. The number of carbonyl (C=O) groups is 1. The van der Waals surface area contributed by atoms with E-state index in [4.69, 9.17) is 16.3 Å². The van der Waals surface area contributed by atoms with Crippen molar-refractivity contribution in [2.45, 2.75) is 74.9 Å². The van der Waals surface area contributed by atoms with Gasteiger partial charge in [0, 0.05) is 36.9 Å². The molecule has 2 aromatic rings. The van der Waals surface area contributed by atoms with E-state index in [2.05, 4.69) is 20.1 Å². The van der Waals surface area contributed by atoms with Gasteiger partial charge in [0.1, 0.15) is 0 Å². The quantitative estimate of drug-likeness (QED) is 0.332. The van der Waals surface area contributed by atoms with Crippen LogP contribution < -0.4 is 5.32 Å². The van der Waals surface area contributed by atoms with E-state index in [0.29, 0.717) is 17.7 Å². The predicted molar refractivity (Wildman–Crippen MR) is 122 cm³/mol. The molecule has 1 heterocycles. The minimum Gasteiger partial charge on any atom is -0.385 e. The molecule has 0 unspecified atom stereocenters. The van der Waals surface area contributed by atoms with Gasteiger partial charge in [0.2, 0.25) is 5.91 Å². The Morgan fingerprint density at radius 3 is 2.60 bits per heavy atom. The maximum Gasteiger partial charge on any atom is 0.233 e. The molecule has 1 amide bonds. The number of hydrogen-bond acceptors (Lipinski definition) is 5. The van der Waals surface area contributed by atoms with Crippen molar-refractivity contribution in [1.29, 1.82) is 0 Å². The summed E-state index contributed by atoms with van der Waals surface area (Å²) < 4.78 is 7.28. The molecule has 1 aromatic heterocycles. The Bertz CT molecular complexity index is 804. The highest BCUT2D eigenvalue weighted by Crippen LogP contribution is 2.28. The van der Waals surface area contributed by atoms with Crippen molar-refractivity contribution < 1.29 is 9.53 Å². The molecule has 8 heteroatoms. The Hall–Kier alpha value is -1.57. The Morgan fingerprint density at radius 2 is 1.93 bits per heavy atom. The number of methoxy groups -OCH3 is 1. The highest BCUT2D eigenvalue weighted by atomic mass is 35.5. The molecule has 30 heavy (non-hydrogen) atoms.